The van der Waals surface area contributed by atoms with E-state index < -0.39 is 5.78 Å². The fourth-order valence-electron chi connectivity index (χ4n) is 4.63. The summed E-state index contributed by atoms with van der Waals surface area (Å²) in [6.45, 7) is 7.79. The van der Waals surface area contributed by atoms with Gasteiger partial charge in [0.2, 0.25) is 5.78 Å². The van der Waals surface area contributed by atoms with E-state index in [1.54, 1.807) is 25.3 Å². The first-order chi connectivity index (χ1) is 23.1. The largest absolute Gasteiger partial charge is 0.505 e. The molecule has 0 radical (unpaired) electrons. The number of nitrogens with one attached hydrogen (secondary N) is 1. The zero-order chi connectivity index (χ0) is 34.2. The standard InChI is InChI=1S/C36H34N8O4/c1-21-11-13-26(22(2)15-21)38-37-25-12-14-28(36(18-25)48-6)40-43-31-19-32(34(46)20-33(31)45)44-42-30-17-23(3)29(16-24(30)4)41-39-27-9-7-8-10-35(27)47-5/h7-20,42,45H,1-6H3/b38-37?,41-39?,43-40?,44-32+. The lowest BCUT2D eigenvalue weighted by atomic mass is 10.1. The van der Waals surface area contributed by atoms with Crippen molar-refractivity contribution in [2.75, 3.05) is 19.6 Å². The van der Waals surface area contributed by atoms with Gasteiger partial charge in [0.15, 0.2) is 0 Å². The summed E-state index contributed by atoms with van der Waals surface area (Å²) in [5.41, 5.74) is 10.5. The van der Waals surface area contributed by atoms with Crippen molar-refractivity contribution in [3.05, 3.63) is 119 Å². The highest BCUT2D eigenvalue weighted by Crippen LogP contribution is 2.35. The monoisotopic (exact) mass is 642 g/mol. The van der Waals surface area contributed by atoms with Crippen LogP contribution in [-0.4, -0.2) is 30.8 Å². The van der Waals surface area contributed by atoms with Crippen LogP contribution in [0.4, 0.5) is 34.1 Å². The van der Waals surface area contributed by atoms with Crippen LogP contribution in [0.1, 0.15) is 22.3 Å². The summed E-state index contributed by atoms with van der Waals surface area (Å²) in [5.74, 6) is 0.195. The molecule has 4 aromatic rings. The normalized spacial score (nSPS) is 14.2. The first-order valence-corrected chi connectivity index (χ1v) is 14.9. The first-order valence-electron chi connectivity index (χ1n) is 14.9. The number of nitrogens with zero attached hydrogens (tertiary/aromatic N) is 7. The minimum absolute atomic E-state index is 0.0351. The topological polar surface area (TPSA) is 154 Å². The van der Waals surface area contributed by atoms with Gasteiger partial charge in [-0.2, -0.15) is 20.4 Å². The third-order valence-electron chi connectivity index (χ3n) is 7.30. The predicted octanol–water partition coefficient (Wildman–Crippen LogP) is 10.2. The number of methoxy groups -OCH3 is 2. The number of hydrogen-bond acceptors (Lipinski definition) is 12. The van der Waals surface area contributed by atoms with Crippen molar-refractivity contribution in [1.29, 1.82) is 0 Å². The van der Waals surface area contributed by atoms with Gasteiger partial charge >= 0.3 is 0 Å². The number of carbonyl (C=O) groups is 1. The fourth-order valence-corrected chi connectivity index (χ4v) is 4.63. The fraction of sp³-hybridized carbons (Fsp3) is 0.167. The molecule has 0 spiro atoms. The Hall–Kier alpha value is -6.30. The molecule has 1 aliphatic carbocycles. The van der Waals surface area contributed by atoms with E-state index in [1.165, 1.54) is 13.2 Å². The van der Waals surface area contributed by atoms with Crippen LogP contribution in [0.2, 0.25) is 0 Å². The maximum Gasteiger partial charge on any atom is 0.209 e. The number of hydrazone groups is 1. The number of hydrogen-bond donors (Lipinski definition) is 2. The molecule has 12 nitrogen and oxygen atoms in total. The number of para-hydroxylation sites is 1. The Bertz CT molecular complexity index is 2060. The maximum atomic E-state index is 12.7. The highest BCUT2D eigenvalue weighted by atomic mass is 16.5. The summed E-state index contributed by atoms with van der Waals surface area (Å²) in [4.78, 5) is 12.7. The Balaban J connectivity index is 1.32. The van der Waals surface area contributed by atoms with Gasteiger partial charge in [0.25, 0.3) is 0 Å². The molecule has 0 atom stereocenters. The highest BCUT2D eigenvalue weighted by Gasteiger charge is 2.19. The molecule has 4 aromatic carbocycles. The predicted molar refractivity (Wildman–Crippen MR) is 186 cm³/mol. The van der Waals surface area contributed by atoms with Crippen LogP contribution in [0.25, 0.3) is 0 Å². The van der Waals surface area contributed by atoms with E-state index in [0.29, 0.717) is 39.9 Å². The summed E-state index contributed by atoms with van der Waals surface area (Å²) in [6, 6.07) is 22.1. The lowest BCUT2D eigenvalue weighted by Crippen LogP contribution is -2.16. The van der Waals surface area contributed by atoms with E-state index >= 15 is 0 Å². The number of aryl methyl sites for hydroxylation is 4. The van der Waals surface area contributed by atoms with Crippen molar-refractivity contribution in [2.24, 2.45) is 35.8 Å². The van der Waals surface area contributed by atoms with Crippen molar-refractivity contribution in [3.8, 4) is 11.5 Å². The lowest BCUT2D eigenvalue weighted by Gasteiger charge is -2.11. The van der Waals surface area contributed by atoms with Crippen molar-refractivity contribution in [1.82, 2.24) is 0 Å². The Labute approximate surface area is 278 Å². The number of benzene rings is 4. The molecular formula is C36H34N8O4. The maximum absolute atomic E-state index is 12.7. The molecule has 12 heteroatoms. The molecule has 242 valence electrons. The first kappa shape index (κ1) is 33.1. The summed E-state index contributed by atoms with van der Waals surface area (Å²) < 4.78 is 10.8. The Morgan fingerprint density at radius 3 is 2.06 bits per heavy atom. The van der Waals surface area contributed by atoms with Gasteiger partial charge in [-0.15, -0.1) is 15.3 Å². The number of aliphatic hydroxyl groups is 1. The molecule has 48 heavy (non-hydrogen) atoms. The van der Waals surface area contributed by atoms with Gasteiger partial charge in [0.05, 0.1) is 37.0 Å². The smallest absolute Gasteiger partial charge is 0.209 e. The Morgan fingerprint density at radius 2 is 1.29 bits per heavy atom. The van der Waals surface area contributed by atoms with Gasteiger partial charge in [0, 0.05) is 18.2 Å². The molecule has 0 bridgehead atoms. The number of allylic oxidation sites excluding steroid dienone is 2. The molecule has 0 heterocycles. The quantitative estimate of drug-likeness (QED) is 0.100. The van der Waals surface area contributed by atoms with Gasteiger partial charge in [-0.3, -0.25) is 10.2 Å². The van der Waals surface area contributed by atoms with Crippen LogP contribution in [-0.2, 0) is 4.79 Å². The summed E-state index contributed by atoms with van der Waals surface area (Å²) in [5, 5.41) is 40.5. The number of ether oxygens (including phenoxy) is 2. The number of carbonyl (C=O) groups excluding carboxylic acids is 1. The van der Waals surface area contributed by atoms with Gasteiger partial charge in [-0.1, -0.05) is 29.8 Å². The van der Waals surface area contributed by atoms with Crippen LogP contribution >= 0.6 is 0 Å². The second kappa shape index (κ2) is 14.9. The molecule has 0 aliphatic heterocycles. The molecule has 2 N–H and O–H groups in total. The number of ketones is 1. The van der Waals surface area contributed by atoms with E-state index in [-0.39, 0.29) is 17.2 Å². The summed E-state index contributed by atoms with van der Waals surface area (Å²) in [6.07, 6.45) is 2.40. The lowest BCUT2D eigenvalue weighted by molar-refractivity contribution is -0.109. The SMILES string of the molecule is COc1cc(N=Nc2ccc(C)cc2C)ccc1N=NC1=C/C(=N\Nc2cc(C)c(N=Nc3ccccc3OC)cc2C)C(=O)C=C1O. The number of anilines is 1. The average molecular weight is 643 g/mol. The summed E-state index contributed by atoms with van der Waals surface area (Å²) in [7, 11) is 3.09. The van der Waals surface area contributed by atoms with Crippen LogP contribution < -0.4 is 14.9 Å². The van der Waals surface area contributed by atoms with Crippen LogP contribution in [0, 0.1) is 27.7 Å². The molecule has 0 unspecified atom stereocenters. The van der Waals surface area contributed by atoms with Crippen LogP contribution in [0.3, 0.4) is 0 Å². The van der Waals surface area contributed by atoms with Crippen molar-refractivity contribution < 1.29 is 19.4 Å². The van der Waals surface area contributed by atoms with Crippen molar-refractivity contribution >= 4 is 45.6 Å². The van der Waals surface area contributed by atoms with Crippen molar-refractivity contribution in [2.45, 2.75) is 27.7 Å². The van der Waals surface area contributed by atoms with E-state index in [1.807, 2.05) is 82.3 Å². The molecule has 0 amide bonds. The van der Waals surface area contributed by atoms with E-state index in [9.17, 15) is 9.90 Å². The molecule has 0 fully saturated rings. The molecule has 0 saturated carbocycles. The molecular weight excluding hydrogens is 608 g/mol. The second-order valence-corrected chi connectivity index (χ2v) is 10.9. The number of rotatable bonds is 10. The molecule has 0 saturated heterocycles. The van der Waals surface area contributed by atoms with Crippen molar-refractivity contribution in [3.63, 3.8) is 0 Å². The van der Waals surface area contributed by atoms with E-state index in [2.05, 4.69) is 41.2 Å². The molecule has 0 aromatic heterocycles. The zero-order valence-corrected chi connectivity index (χ0v) is 27.4. The zero-order valence-electron chi connectivity index (χ0n) is 27.4. The minimum atomic E-state index is -0.494. The van der Waals surface area contributed by atoms with Gasteiger partial charge in [-0.05, 0) is 86.8 Å². The van der Waals surface area contributed by atoms with E-state index in [0.717, 1.165) is 34.0 Å². The highest BCUT2D eigenvalue weighted by molar-refractivity contribution is 6.49. The van der Waals surface area contributed by atoms with Gasteiger partial charge < -0.3 is 14.6 Å². The van der Waals surface area contributed by atoms with Crippen LogP contribution in [0.15, 0.2) is 132 Å². The molecule has 1 aliphatic rings. The third-order valence-corrected chi connectivity index (χ3v) is 7.30. The Morgan fingerprint density at radius 1 is 0.625 bits per heavy atom. The second-order valence-electron chi connectivity index (χ2n) is 10.9. The van der Waals surface area contributed by atoms with E-state index in [4.69, 9.17) is 9.47 Å². The summed E-state index contributed by atoms with van der Waals surface area (Å²) >= 11 is 0. The third kappa shape index (κ3) is 7.91. The van der Waals surface area contributed by atoms with Gasteiger partial charge in [-0.25, -0.2) is 0 Å². The average Bonchev–Trinajstić information content (AvgIpc) is 3.07. The Kier molecular flexibility index (Phi) is 10.2. The number of azo groups is 3. The number of aliphatic hydroxyl groups excluding tert-OH is 1. The van der Waals surface area contributed by atoms with Crippen LogP contribution in [0.5, 0.6) is 11.5 Å². The van der Waals surface area contributed by atoms with Gasteiger partial charge in [0.1, 0.15) is 40.0 Å². The molecule has 5 rings (SSSR count). The minimum Gasteiger partial charge on any atom is -0.505 e.